The van der Waals surface area contributed by atoms with Gasteiger partial charge >= 0.3 is 0 Å². The molecule has 2 amide bonds. The number of amides is 2. The van der Waals surface area contributed by atoms with Crippen LogP contribution in [0.2, 0.25) is 0 Å². The number of carbonyl (C=O) groups excluding carboxylic acids is 2. The van der Waals surface area contributed by atoms with E-state index in [0.29, 0.717) is 29.4 Å². The van der Waals surface area contributed by atoms with E-state index in [-0.39, 0.29) is 23.3 Å². The summed E-state index contributed by atoms with van der Waals surface area (Å²) in [5, 5.41) is 2.79. The molecule has 2 fully saturated rings. The van der Waals surface area contributed by atoms with Crippen molar-refractivity contribution >= 4 is 23.6 Å². The lowest BCUT2D eigenvalue weighted by Gasteiger charge is -2.23. The number of benzene rings is 1. The van der Waals surface area contributed by atoms with Crippen LogP contribution in [0.15, 0.2) is 12.1 Å². The number of nitrogens with zero attached hydrogens (tertiary/aromatic N) is 1. The monoisotopic (exact) mass is 378 g/mol. The summed E-state index contributed by atoms with van der Waals surface area (Å²) in [6, 6.07) is 3.21. The highest BCUT2D eigenvalue weighted by Crippen LogP contribution is 2.52. The molecule has 1 N–H and O–H groups in total. The highest BCUT2D eigenvalue weighted by Gasteiger charge is 2.50. The third kappa shape index (κ3) is 2.72. The van der Waals surface area contributed by atoms with Gasteiger partial charge in [0.25, 0.3) is 5.91 Å². The van der Waals surface area contributed by atoms with Crippen LogP contribution in [0.5, 0.6) is 11.5 Å². The van der Waals surface area contributed by atoms with Gasteiger partial charge < -0.3 is 24.4 Å². The maximum absolute atomic E-state index is 13.1. The minimum Gasteiger partial charge on any atom is -0.493 e. The van der Waals surface area contributed by atoms with Crippen molar-refractivity contribution in [1.29, 1.82) is 0 Å². The number of thioether (sulfide) groups is 1. The van der Waals surface area contributed by atoms with Crippen LogP contribution in [-0.2, 0) is 9.53 Å². The van der Waals surface area contributed by atoms with E-state index in [0.717, 1.165) is 25.0 Å². The van der Waals surface area contributed by atoms with Gasteiger partial charge in [0.15, 0.2) is 11.5 Å². The molecule has 0 unspecified atom stereocenters. The van der Waals surface area contributed by atoms with E-state index in [1.807, 2.05) is 6.07 Å². The second-order valence-electron chi connectivity index (χ2n) is 6.56. The molecule has 3 heterocycles. The lowest BCUT2D eigenvalue weighted by atomic mass is 10.1. The standard InChI is InChI=1S/C18H22N2O5S/c1-23-13-6-5-11-14(15(13)24-2)17(22)20-12(9-26-18(11)20)16(21)19-8-10-4-3-7-25-10/h5-6,10,12,18H,3-4,7-9H2,1-2H3,(H,19,21)/t10-,12+,18-/m0/s1. The number of rotatable bonds is 5. The molecule has 8 heteroatoms. The first-order valence-corrected chi connectivity index (χ1v) is 9.79. The molecule has 0 spiro atoms. The Kier molecular flexibility index (Phi) is 4.71. The Hall–Kier alpha value is -1.93. The first kappa shape index (κ1) is 17.5. The van der Waals surface area contributed by atoms with E-state index < -0.39 is 6.04 Å². The van der Waals surface area contributed by atoms with Gasteiger partial charge in [-0.3, -0.25) is 9.59 Å². The van der Waals surface area contributed by atoms with Gasteiger partial charge in [-0.1, -0.05) is 6.07 Å². The van der Waals surface area contributed by atoms with Gasteiger partial charge in [0.05, 0.1) is 25.9 Å². The summed E-state index contributed by atoms with van der Waals surface area (Å²) >= 11 is 1.60. The van der Waals surface area contributed by atoms with Crippen LogP contribution in [0.25, 0.3) is 0 Å². The molecule has 0 saturated carbocycles. The lowest BCUT2D eigenvalue weighted by molar-refractivity contribution is -0.125. The Morgan fingerprint density at radius 1 is 1.38 bits per heavy atom. The van der Waals surface area contributed by atoms with Crippen LogP contribution < -0.4 is 14.8 Å². The summed E-state index contributed by atoms with van der Waals surface area (Å²) in [6.07, 6.45) is 2.08. The van der Waals surface area contributed by atoms with Crippen molar-refractivity contribution in [3.63, 3.8) is 0 Å². The van der Waals surface area contributed by atoms with Gasteiger partial charge in [-0.15, -0.1) is 11.8 Å². The first-order chi connectivity index (χ1) is 12.7. The van der Waals surface area contributed by atoms with Crippen molar-refractivity contribution in [3.8, 4) is 11.5 Å². The van der Waals surface area contributed by atoms with Crippen LogP contribution in [-0.4, -0.2) is 62.0 Å². The zero-order valence-electron chi connectivity index (χ0n) is 14.8. The van der Waals surface area contributed by atoms with Crippen molar-refractivity contribution in [2.45, 2.75) is 30.4 Å². The Morgan fingerprint density at radius 2 is 2.23 bits per heavy atom. The normalized spacial score (nSPS) is 26.6. The molecule has 0 radical (unpaired) electrons. The molecule has 0 aliphatic carbocycles. The van der Waals surface area contributed by atoms with E-state index in [4.69, 9.17) is 14.2 Å². The summed E-state index contributed by atoms with van der Waals surface area (Å²) in [4.78, 5) is 27.4. The largest absolute Gasteiger partial charge is 0.493 e. The number of carbonyl (C=O) groups is 2. The van der Waals surface area contributed by atoms with Crippen molar-refractivity contribution in [2.24, 2.45) is 0 Å². The van der Waals surface area contributed by atoms with Crippen LogP contribution in [0.4, 0.5) is 0 Å². The van der Waals surface area contributed by atoms with Crippen molar-refractivity contribution in [1.82, 2.24) is 10.2 Å². The van der Waals surface area contributed by atoms with Crippen molar-refractivity contribution in [3.05, 3.63) is 23.3 Å². The molecule has 1 aromatic rings. The Morgan fingerprint density at radius 3 is 2.92 bits per heavy atom. The highest BCUT2D eigenvalue weighted by molar-refractivity contribution is 7.99. The summed E-state index contributed by atoms with van der Waals surface area (Å²) in [7, 11) is 3.06. The number of hydrogen-bond donors (Lipinski definition) is 1. The Balaban J connectivity index is 1.54. The topological polar surface area (TPSA) is 77.1 Å². The maximum atomic E-state index is 13.1. The van der Waals surface area contributed by atoms with E-state index >= 15 is 0 Å². The molecule has 0 aromatic heterocycles. The number of methoxy groups -OCH3 is 2. The number of ether oxygens (including phenoxy) is 3. The van der Waals surface area contributed by atoms with Gasteiger partial charge in [0.1, 0.15) is 11.4 Å². The molecule has 1 aromatic carbocycles. The van der Waals surface area contributed by atoms with Crippen molar-refractivity contribution < 1.29 is 23.8 Å². The summed E-state index contributed by atoms with van der Waals surface area (Å²) in [5.74, 6) is 1.24. The second kappa shape index (κ2) is 7.00. The molecule has 3 aliphatic heterocycles. The summed E-state index contributed by atoms with van der Waals surface area (Å²) in [5.41, 5.74) is 1.38. The van der Waals surface area contributed by atoms with Gasteiger partial charge in [-0.25, -0.2) is 0 Å². The van der Waals surface area contributed by atoms with Crippen LogP contribution >= 0.6 is 11.8 Å². The smallest absolute Gasteiger partial charge is 0.260 e. The summed E-state index contributed by atoms with van der Waals surface area (Å²) in [6.45, 7) is 1.25. The number of hydrogen-bond acceptors (Lipinski definition) is 6. The number of fused-ring (bicyclic) bond motifs is 3. The average molecular weight is 378 g/mol. The zero-order chi connectivity index (χ0) is 18.3. The fourth-order valence-corrected chi connectivity index (χ4v) is 5.29. The molecule has 4 rings (SSSR count). The number of nitrogens with one attached hydrogen (secondary N) is 1. The third-order valence-corrected chi connectivity index (χ3v) is 6.43. The van der Waals surface area contributed by atoms with Crippen LogP contribution in [0, 0.1) is 0 Å². The molecular weight excluding hydrogens is 356 g/mol. The molecular formula is C18H22N2O5S. The van der Waals surface area contributed by atoms with Crippen LogP contribution in [0.1, 0.15) is 34.1 Å². The van der Waals surface area contributed by atoms with Gasteiger partial charge in [0, 0.05) is 24.5 Å². The van der Waals surface area contributed by atoms with E-state index in [1.54, 1.807) is 29.8 Å². The van der Waals surface area contributed by atoms with E-state index in [2.05, 4.69) is 5.32 Å². The average Bonchev–Trinajstić information content (AvgIpc) is 3.37. The van der Waals surface area contributed by atoms with E-state index in [1.165, 1.54) is 7.11 Å². The lowest BCUT2D eigenvalue weighted by Crippen LogP contribution is -2.47. The Bertz CT molecular complexity index is 735. The van der Waals surface area contributed by atoms with Crippen LogP contribution in [0.3, 0.4) is 0 Å². The summed E-state index contributed by atoms with van der Waals surface area (Å²) < 4.78 is 16.3. The fourth-order valence-electron chi connectivity index (χ4n) is 3.83. The van der Waals surface area contributed by atoms with E-state index in [9.17, 15) is 9.59 Å². The second-order valence-corrected chi connectivity index (χ2v) is 7.67. The zero-order valence-corrected chi connectivity index (χ0v) is 15.6. The maximum Gasteiger partial charge on any atom is 0.260 e. The minimum atomic E-state index is -0.484. The minimum absolute atomic E-state index is 0.0830. The Labute approximate surface area is 156 Å². The van der Waals surface area contributed by atoms with Gasteiger partial charge in [-0.05, 0) is 18.9 Å². The molecule has 3 aliphatic rings. The predicted molar refractivity (Wildman–Crippen MR) is 96.7 cm³/mol. The molecule has 7 nitrogen and oxygen atoms in total. The fraction of sp³-hybridized carbons (Fsp3) is 0.556. The highest BCUT2D eigenvalue weighted by atomic mass is 32.2. The quantitative estimate of drug-likeness (QED) is 0.838. The molecule has 0 bridgehead atoms. The first-order valence-electron chi connectivity index (χ1n) is 8.74. The molecule has 140 valence electrons. The van der Waals surface area contributed by atoms with Gasteiger partial charge in [0.2, 0.25) is 5.91 Å². The molecule has 3 atom stereocenters. The molecule has 2 saturated heterocycles. The van der Waals surface area contributed by atoms with Crippen molar-refractivity contribution in [2.75, 3.05) is 33.1 Å². The third-order valence-electron chi connectivity index (χ3n) is 5.12. The van der Waals surface area contributed by atoms with Gasteiger partial charge in [-0.2, -0.15) is 0 Å². The molecule has 26 heavy (non-hydrogen) atoms. The predicted octanol–water partition coefficient (Wildman–Crippen LogP) is 1.57. The SMILES string of the molecule is COc1ccc2c(c1OC)C(=O)N1[C@@H](C(=O)NC[C@@H]3CCCO3)CS[C@@H]21.